The first-order chi connectivity index (χ1) is 6.84. The smallest absolute Gasteiger partial charge is 0.129 e. The van der Waals surface area contributed by atoms with Crippen molar-refractivity contribution < 1.29 is 0 Å². The molecule has 2 aromatic rings. The molecule has 0 aliphatic carbocycles. The number of pyridine rings is 1. The summed E-state index contributed by atoms with van der Waals surface area (Å²) >= 11 is 0. The number of nitrogens with zero attached hydrogens (tertiary/aromatic N) is 1. The number of benzene rings is 1. The van der Waals surface area contributed by atoms with E-state index in [0.29, 0.717) is 0 Å². The summed E-state index contributed by atoms with van der Waals surface area (Å²) in [4.78, 5) is 4.64. The van der Waals surface area contributed by atoms with E-state index in [-0.39, 0.29) is 0 Å². The van der Waals surface area contributed by atoms with Gasteiger partial charge in [-0.25, -0.2) is 4.98 Å². The standard InChI is InChI=1S/C12H12N2/c1-8-3-2-4-9-7-10-5-6-13-12(10)14-11(8)9/h2-4,7H,5-6H2,1H3,(H,13,14). The fourth-order valence-electron chi connectivity index (χ4n) is 2.05. The van der Waals surface area contributed by atoms with Crippen LogP contribution < -0.4 is 5.32 Å². The Balaban J connectivity index is 2.39. The second-order valence-electron chi connectivity index (χ2n) is 3.82. The highest BCUT2D eigenvalue weighted by Gasteiger charge is 2.12. The molecule has 0 spiro atoms. The molecular formula is C12H12N2. The van der Waals surface area contributed by atoms with Crippen molar-refractivity contribution in [2.45, 2.75) is 13.3 Å². The maximum Gasteiger partial charge on any atom is 0.129 e. The maximum atomic E-state index is 4.64. The molecule has 0 radical (unpaired) electrons. The molecule has 0 fully saturated rings. The van der Waals surface area contributed by atoms with Crippen molar-refractivity contribution >= 4 is 16.7 Å². The van der Waals surface area contributed by atoms with Gasteiger partial charge < -0.3 is 5.32 Å². The first-order valence-corrected chi connectivity index (χ1v) is 4.98. The normalized spacial score (nSPS) is 14.1. The van der Waals surface area contributed by atoms with Gasteiger partial charge in [-0.2, -0.15) is 0 Å². The van der Waals surface area contributed by atoms with E-state index in [0.717, 1.165) is 24.3 Å². The summed E-state index contributed by atoms with van der Waals surface area (Å²) in [5.74, 6) is 1.08. The van der Waals surface area contributed by atoms with E-state index in [1.54, 1.807) is 0 Å². The molecule has 1 aromatic carbocycles. The van der Waals surface area contributed by atoms with E-state index < -0.39 is 0 Å². The Hall–Kier alpha value is -1.57. The van der Waals surface area contributed by atoms with Gasteiger partial charge in [0.2, 0.25) is 0 Å². The van der Waals surface area contributed by atoms with Crippen LogP contribution in [0.3, 0.4) is 0 Å². The maximum absolute atomic E-state index is 4.64. The number of aromatic nitrogens is 1. The van der Waals surface area contributed by atoms with E-state index in [4.69, 9.17) is 0 Å². The summed E-state index contributed by atoms with van der Waals surface area (Å²) < 4.78 is 0. The zero-order valence-electron chi connectivity index (χ0n) is 8.17. The second kappa shape index (κ2) is 2.71. The predicted octanol–water partition coefficient (Wildman–Crippen LogP) is 2.51. The van der Waals surface area contributed by atoms with Gasteiger partial charge in [0.25, 0.3) is 0 Å². The van der Waals surface area contributed by atoms with Crippen molar-refractivity contribution in [1.29, 1.82) is 0 Å². The molecule has 3 rings (SSSR count). The molecule has 1 aliphatic heterocycles. The van der Waals surface area contributed by atoms with E-state index in [1.807, 2.05) is 0 Å². The minimum atomic E-state index is 1.03. The molecule has 0 unspecified atom stereocenters. The average molecular weight is 184 g/mol. The summed E-state index contributed by atoms with van der Waals surface area (Å²) in [6, 6.07) is 8.59. The summed E-state index contributed by atoms with van der Waals surface area (Å²) in [7, 11) is 0. The number of fused-ring (bicyclic) bond motifs is 2. The highest BCUT2D eigenvalue weighted by atomic mass is 15.0. The lowest BCUT2D eigenvalue weighted by atomic mass is 10.1. The molecule has 70 valence electrons. The van der Waals surface area contributed by atoms with Crippen LogP contribution in [0.1, 0.15) is 11.1 Å². The lowest BCUT2D eigenvalue weighted by molar-refractivity contribution is 1.11. The summed E-state index contributed by atoms with van der Waals surface area (Å²) in [6.45, 7) is 3.13. The Morgan fingerprint density at radius 3 is 3.21 bits per heavy atom. The highest BCUT2D eigenvalue weighted by Crippen LogP contribution is 2.25. The van der Waals surface area contributed by atoms with Crippen LogP contribution in [0.2, 0.25) is 0 Å². The van der Waals surface area contributed by atoms with Gasteiger partial charge in [-0.1, -0.05) is 18.2 Å². The number of aryl methyl sites for hydroxylation is 1. The van der Waals surface area contributed by atoms with E-state index in [9.17, 15) is 0 Å². The Morgan fingerprint density at radius 2 is 2.29 bits per heavy atom. The van der Waals surface area contributed by atoms with Gasteiger partial charge in [0.15, 0.2) is 0 Å². The van der Waals surface area contributed by atoms with Gasteiger partial charge in [-0.3, -0.25) is 0 Å². The van der Waals surface area contributed by atoms with Crippen LogP contribution in [0.25, 0.3) is 10.9 Å². The number of rotatable bonds is 0. The van der Waals surface area contributed by atoms with Crippen molar-refractivity contribution in [1.82, 2.24) is 4.98 Å². The highest BCUT2D eigenvalue weighted by molar-refractivity contribution is 5.84. The molecule has 0 atom stereocenters. The number of para-hydroxylation sites is 1. The van der Waals surface area contributed by atoms with Crippen molar-refractivity contribution in [2.75, 3.05) is 11.9 Å². The van der Waals surface area contributed by atoms with Crippen LogP contribution >= 0.6 is 0 Å². The first kappa shape index (κ1) is 7.80. The first-order valence-electron chi connectivity index (χ1n) is 4.98. The lowest BCUT2D eigenvalue weighted by Gasteiger charge is -2.04. The fraction of sp³-hybridized carbons (Fsp3) is 0.250. The van der Waals surface area contributed by atoms with Crippen LogP contribution in [0.5, 0.6) is 0 Å². The van der Waals surface area contributed by atoms with E-state index in [2.05, 4.69) is 41.5 Å². The van der Waals surface area contributed by atoms with Crippen molar-refractivity contribution in [3.8, 4) is 0 Å². The quantitative estimate of drug-likeness (QED) is 0.680. The van der Waals surface area contributed by atoms with Crippen molar-refractivity contribution in [2.24, 2.45) is 0 Å². The Morgan fingerprint density at radius 1 is 1.36 bits per heavy atom. The molecule has 0 saturated carbocycles. The van der Waals surface area contributed by atoms with Crippen LogP contribution in [0.4, 0.5) is 5.82 Å². The molecule has 0 bridgehead atoms. The molecular weight excluding hydrogens is 172 g/mol. The zero-order valence-corrected chi connectivity index (χ0v) is 8.17. The molecule has 0 amide bonds. The minimum absolute atomic E-state index is 1.03. The Kier molecular flexibility index (Phi) is 1.51. The van der Waals surface area contributed by atoms with Gasteiger partial charge in [-0.15, -0.1) is 0 Å². The number of anilines is 1. The van der Waals surface area contributed by atoms with Gasteiger partial charge in [0.05, 0.1) is 5.52 Å². The largest absolute Gasteiger partial charge is 0.369 e. The van der Waals surface area contributed by atoms with E-state index in [1.165, 1.54) is 16.5 Å². The second-order valence-corrected chi connectivity index (χ2v) is 3.82. The zero-order chi connectivity index (χ0) is 9.54. The summed E-state index contributed by atoms with van der Waals surface area (Å²) in [5.41, 5.74) is 3.72. The SMILES string of the molecule is Cc1cccc2cc3c(nc12)NCC3. The predicted molar refractivity (Wildman–Crippen MR) is 58.7 cm³/mol. The monoisotopic (exact) mass is 184 g/mol. The molecule has 1 N–H and O–H groups in total. The van der Waals surface area contributed by atoms with Gasteiger partial charge in [0, 0.05) is 11.9 Å². The minimum Gasteiger partial charge on any atom is -0.369 e. The van der Waals surface area contributed by atoms with Crippen molar-refractivity contribution in [3.63, 3.8) is 0 Å². The molecule has 14 heavy (non-hydrogen) atoms. The van der Waals surface area contributed by atoms with Gasteiger partial charge >= 0.3 is 0 Å². The topological polar surface area (TPSA) is 24.9 Å². The van der Waals surface area contributed by atoms with Crippen LogP contribution in [-0.4, -0.2) is 11.5 Å². The summed E-state index contributed by atoms with van der Waals surface area (Å²) in [6.07, 6.45) is 1.10. The van der Waals surface area contributed by atoms with Crippen LogP contribution in [-0.2, 0) is 6.42 Å². The molecule has 2 heterocycles. The lowest BCUT2D eigenvalue weighted by Crippen LogP contribution is -1.93. The number of hydrogen-bond donors (Lipinski definition) is 1. The third-order valence-corrected chi connectivity index (χ3v) is 2.81. The number of nitrogens with one attached hydrogen (secondary N) is 1. The fourth-order valence-corrected chi connectivity index (χ4v) is 2.05. The molecule has 2 nitrogen and oxygen atoms in total. The van der Waals surface area contributed by atoms with Gasteiger partial charge in [0.1, 0.15) is 5.82 Å². The Bertz CT molecular complexity index is 503. The third-order valence-electron chi connectivity index (χ3n) is 2.81. The van der Waals surface area contributed by atoms with Crippen molar-refractivity contribution in [3.05, 3.63) is 35.4 Å². The Labute approximate surface area is 83.0 Å². The summed E-state index contributed by atoms with van der Waals surface area (Å²) in [5, 5.41) is 4.57. The molecule has 2 heteroatoms. The van der Waals surface area contributed by atoms with Gasteiger partial charge in [-0.05, 0) is 30.5 Å². The number of hydrogen-bond acceptors (Lipinski definition) is 2. The molecule has 0 saturated heterocycles. The average Bonchev–Trinajstić information content (AvgIpc) is 2.62. The van der Waals surface area contributed by atoms with Crippen LogP contribution in [0, 0.1) is 6.92 Å². The molecule has 1 aliphatic rings. The van der Waals surface area contributed by atoms with Crippen LogP contribution in [0.15, 0.2) is 24.3 Å². The molecule has 1 aromatic heterocycles. The van der Waals surface area contributed by atoms with E-state index >= 15 is 0 Å². The third kappa shape index (κ3) is 1.00.